The van der Waals surface area contributed by atoms with Crippen molar-refractivity contribution < 1.29 is 18.7 Å². The van der Waals surface area contributed by atoms with Crippen LogP contribution >= 0.6 is 11.8 Å². The summed E-state index contributed by atoms with van der Waals surface area (Å²) < 4.78 is 25.3. The first kappa shape index (κ1) is 11.0. The van der Waals surface area contributed by atoms with Crippen LogP contribution in [0.3, 0.4) is 0 Å². The molecule has 1 aromatic rings. The maximum absolute atomic E-state index is 12.2. The van der Waals surface area contributed by atoms with Crippen LogP contribution in [-0.4, -0.2) is 22.0 Å². The number of carboxylic acid groups (broad SMARTS) is 1. The number of hydrogen-bond donors (Lipinski definition) is 0. The Morgan fingerprint density at radius 1 is 1.79 bits per heavy atom. The normalized spacial score (nSPS) is 10.9. The first-order chi connectivity index (χ1) is 6.56. The quantitative estimate of drug-likeness (QED) is 0.743. The molecule has 0 fully saturated rings. The van der Waals surface area contributed by atoms with E-state index in [1.165, 1.54) is 11.8 Å². The lowest BCUT2D eigenvalue weighted by Gasteiger charge is -2.04. The van der Waals surface area contributed by atoms with Gasteiger partial charge in [0.1, 0.15) is 5.69 Å². The van der Waals surface area contributed by atoms with Crippen LogP contribution in [0.4, 0.5) is 8.78 Å². The average molecular weight is 221 g/mol. The molecule has 0 aliphatic carbocycles. The zero-order valence-corrected chi connectivity index (χ0v) is 8.05. The summed E-state index contributed by atoms with van der Waals surface area (Å²) in [5.74, 6) is -1.30. The summed E-state index contributed by atoms with van der Waals surface area (Å²) in [6.45, 7) is 0. The van der Waals surface area contributed by atoms with Crippen LogP contribution in [0.15, 0.2) is 6.07 Å². The molecule has 0 amide bonds. The predicted octanol–water partition coefficient (Wildman–Crippen LogP) is 0.505. The first-order valence-corrected chi connectivity index (χ1v) is 5.01. The fourth-order valence-corrected chi connectivity index (χ4v) is 1.37. The van der Waals surface area contributed by atoms with E-state index < -0.39 is 18.1 Å². The molecule has 0 aliphatic rings. The predicted molar refractivity (Wildman–Crippen MR) is 45.0 cm³/mol. The Kier molecular flexibility index (Phi) is 3.45. The van der Waals surface area contributed by atoms with Gasteiger partial charge in [0.25, 0.3) is 6.43 Å². The molecule has 0 saturated carbocycles. The Hall–Kier alpha value is -1.11. The van der Waals surface area contributed by atoms with E-state index in [0.29, 0.717) is 0 Å². The lowest BCUT2D eigenvalue weighted by atomic mass is 10.3. The highest BCUT2D eigenvalue weighted by atomic mass is 32.2. The van der Waals surface area contributed by atoms with Crippen molar-refractivity contribution >= 4 is 17.7 Å². The van der Waals surface area contributed by atoms with E-state index in [1.54, 1.807) is 6.26 Å². The lowest BCUT2D eigenvalue weighted by molar-refractivity contribution is -0.255. The average Bonchev–Trinajstić information content (AvgIpc) is 2.49. The molecule has 0 aliphatic heterocycles. The molecule has 1 rings (SSSR count). The summed E-state index contributed by atoms with van der Waals surface area (Å²) in [6.07, 6.45) is -1.06. The van der Waals surface area contributed by atoms with E-state index in [0.717, 1.165) is 10.7 Å². The molecule has 0 spiro atoms. The van der Waals surface area contributed by atoms with E-state index in [2.05, 4.69) is 5.10 Å². The maximum Gasteiger partial charge on any atom is 0.282 e. The summed E-state index contributed by atoms with van der Waals surface area (Å²) in [4.78, 5) is 10.5. The van der Waals surface area contributed by atoms with Crippen molar-refractivity contribution in [2.75, 3.05) is 6.26 Å². The third kappa shape index (κ3) is 2.22. The molecule has 7 heteroatoms. The summed E-state index contributed by atoms with van der Waals surface area (Å²) >= 11 is 1.28. The minimum Gasteiger partial charge on any atom is -0.543 e. The van der Waals surface area contributed by atoms with E-state index >= 15 is 0 Å². The Balaban J connectivity index is 3.05. The number of carboxylic acids is 1. The number of carbonyl (C=O) groups excluding carboxylic acids is 1. The van der Waals surface area contributed by atoms with Gasteiger partial charge in [-0.25, -0.2) is 8.78 Å². The lowest BCUT2D eigenvalue weighted by Crippen LogP contribution is -2.25. The van der Waals surface area contributed by atoms with Crippen molar-refractivity contribution in [2.45, 2.75) is 12.3 Å². The van der Waals surface area contributed by atoms with Crippen molar-refractivity contribution in [1.82, 2.24) is 9.78 Å². The van der Waals surface area contributed by atoms with Gasteiger partial charge >= 0.3 is 0 Å². The minimum absolute atomic E-state index is 0.204. The number of aromatic nitrogens is 2. The second-order valence-electron chi connectivity index (χ2n) is 2.46. The van der Waals surface area contributed by atoms with Gasteiger partial charge in [-0.15, -0.1) is 11.8 Å². The Bertz CT molecular complexity index is 340. The second kappa shape index (κ2) is 4.41. The molecule has 0 aromatic carbocycles. The standard InChI is InChI=1S/C7H8F2N2O2S/c1-14-3-11-5(7(12)13)2-4(10-11)6(8)9/h2,6H,3H2,1H3,(H,12,13)/p-1. The van der Waals surface area contributed by atoms with Crippen LogP contribution in [-0.2, 0) is 5.88 Å². The number of rotatable bonds is 4. The number of aromatic carboxylic acids is 1. The van der Waals surface area contributed by atoms with Gasteiger partial charge < -0.3 is 9.90 Å². The monoisotopic (exact) mass is 221 g/mol. The molecule has 4 nitrogen and oxygen atoms in total. The highest BCUT2D eigenvalue weighted by Crippen LogP contribution is 2.18. The van der Waals surface area contributed by atoms with Gasteiger partial charge in [0.2, 0.25) is 0 Å². The Labute approximate surface area is 82.9 Å². The van der Waals surface area contributed by atoms with Crippen molar-refractivity contribution in [1.29, 1.82) is 0 Å². The number of nitrogens with zero attached hydrogens (tertiary/aromatic N) is 2. The van der Waals surface area contributed by atoms with Crippen molar-refractivity contribution in [2.24, 2.45) is 0 Å². The molecule has 1 heterocycles. The third-order valence-electron chi connectivity index (χ3n) is 1.48. The van der Waals surface area contributed by atoms with Gasteiger partial charge in [-0.3, -0.25) is 4.68 Å². The zero-order chi connectivity index (χ0) is 10.7. The van der Waals surface area contributed by atoms with Gasteiger partial charge in [-0.1, -0.05) is 0 Å². The molecule has 78 valence electrons. The van der Waals surface area contributed by atoms with Gasteiger partial charge in [0, 0.05) is 0 Å². The van der Waals surface area contributed by atoms with E-state index in [1.807, 2.05) is 0 Å². The summed E-state index contributed by atoms with van der Waals surface area (Å²) in [5.41, 5.74) is -0.868. The Morgan fingerprint density at radius 3 is 2.86 bits per heavy atom. The zero-order valence-electron chi connectivity index (χ0n) is 7.24. The van der Waals surface area contributed by atoms with Crippen LogP contribution < -0.4 is 5.11 Å². The van der Waals surface area contributed by atoms with E-state index in [4.69, 9.17) is 0 Å². The molecular formula is C7H7F2N2O2S-. The number of halogens is 2. The van der Waals surface area contributed by atoms with Gasteiger partial charge in [0.15, 0.2) is 0 Å². The highest BCUT2D eigenvalue weighted by Gasteiger charge is 2.15. The van der Waals surface area contributed by atoms with E-state index in [9.17, 15) is 18.7 Å². The second-order valence-corrected chi connectivity index (χ2v) is 3.30. The molecule has 0 bridgehead atoms. The Morgan fingerprint density at radius 2 is 2.43 bits per heavy atom. The van der Waals surface area contributed by atoms with Crippen LogP contribution in [0.5, 0.6) is 0 Å². The van der Waals surface area contributed by atoms with Crippen molar-refractivity contribution in [3.8, 4) is 0 Å². The maximum atomic E-state index is 12.2. The summed E-state index contributed by atoms with van der Waals surface area (Å²) in [6, 6.07) is 0.830. The van der Waals surface area contributed by atoms with Gasteiger partial charge in [-0.05, 0) is 12.3 Å². The fourth-order valence-electron chi connectivity index (χ4n) is 0.928. The van der Waals surface area contributed by atoms with Gasteiger partial charge in [0.05, 0.1) is 17.5 Å². The highest BCUT2D eigenvalue weighted by molar-refractivity contribution is 7.97. The summed E-state index contributed by atoms with van der Waals surface area (Å²) in [5, 5.41) is 14.0. The van der Waals surface area contributed by atoms with Crippen LogP contribution in [0.25, 0.3) is 0 Å². The smallest absolute Gasteiger partial charge is 0.282 e. The third-order valence-corrected chi connectivity index (χ3v) is 1.99. The topological polar surface area (TPSA) is 58.0 Å². The van der Waals surface area contributed by atoms with Crippen LogP contribution in [0.1, 0.15) is 22.6 Å². The van der Waals surface area contributed by atoms with E-state index in [-0.39, 0.29) is 11.6 Å². The van der Waals surface area contributed by atoms with Crippen molar-refractivity contribution in [3.63, 3.8) is 0 Å². The minimum atomic E-state index is -2.77. The fraction of sp³-hybridized carbons (Fsp3) is 0.429. The molecule has 0 atom stereocenters. The molecular weight excluding hydrogens is 214 g/mol. The number of hydrogen-bond acceptors (Lipinski definition) is 4. The van der Waals surface area contributed by atoms with Crippen molar-refractivity contribution in [3.05, 3.63) is 17.5 Å². The SMILES string of the molecule is CSCn1nc(C(F)F)cc1C(=O)[O-]. The number of carbonyl (C=O) groups is 1. The van der Waals surface area contributed by atoms with Crippen LogP contribution in [0, 0.1) is 0 Å². The van der Waals surface area contributed by atoms with Gasteiger partial charge in [-0.2, -0.15) is 5.10 Å². The molecule has 0 saturated heterocycles. The van der Waals surface area contributed by atoms with Crippen LogP contribution in [0.2, 0.25) is 0 Å². The molecule has 0 N–H and O–H groups in total. The molecule has 1 aromatic heterocycles. The number of alkyl halides is 2. The number of thioether (sulfide) groups is 1. The molecule has 14 heavy (non-hydrogen) atoms. The summed E-state index contributed by atoms with van der Waals surface area (Å²) in [7, 11) is 0. The first-order valence-electron chi connectivity index (χ1n) is 3.62. The largest absolute Gasteiger partial charge is 0.543 e. The molecule has 0 radical (unpaired) electrons. The molecule has 0 unspecified atom stereocenters.